The Labute approximate surface area is 176 Å². The molecule has 4 rings (SSSR count). The molecule has 4 nitrogen and oxygen atoms in total. The maximum atomic E-state index is 13.4. The van der Waals surface area contributed by atoms with Crippen molar-refractivity contribution in [3.63, 3.8) is 0 Å². The molecule has 0 radical (unpaired) electrons. The number of ketones is 1. The van der Waals surface area contributed by atoms with E-state index in [4.69, 9.17) is 11.6 Å². The van der Waals surface area contributed by atoms with Gasteiger partial charge in [0.25, 0.3) is 0 Å². The molecule has 0 spiro atoms. The number of halogens is 1. The van der Waals surface area contributed by atoms with E-state index in [1.807, 2.05) is 53.4 Å². The highest BCUT2D eigenvalue weighted by molar-refractivity contribution is 6.30. The fourth-order valence-electron chi connectivity index (χ4n) is 4.28. The van der Waals surface area contributed by atoms with Crippen LogP contribution in [0.4, 0.5) is 11.4 Å². The molecule has 2 aliphatic rings. The molecule has 0 saturated heterocycles. The first-order chi connectivity index (χ1) is 14.1. The van der Waals surface area contributed by atoms with E-state index >= 15 is 0 Å². The number of hydrogen-bond acceptors (Lipinski definition) is 3. The van der Waals surface area contributed by atoms with Gasteiger partial charge in [0.15, 0.2) is 0 Å². The molecule has 150 valence electrons. The Kier molecular flexibility index (Phi) is 5.72. The Morgan fingerprint density at radius 2 is 1.93 bits per heavy atom. The van der Waals surface area contributed by atoms with E-state index < -0.39 is 12.0 Å². The van der Waals surface area contributed by atoms with Crippen LogP contribution in [0.5, 0.6) is 0 Å². The maximum Gasteiger partial charge on any atom is 0.227 e. The zero-order valence-electron chi connectivity index (χ0n) is 16.5. The quantitative estimate of drug-likeness (QED) is 0.685. The summed E-state index contributed by atoms with van der Waals surface area (Å²) in [6.45, 7) is 2.08. The third-order valence-electron chi connectivity index (χ3n) is 5.70. The lowest BCUT2D eigenvalue weighted by Crippen LogP contribution is -2.41. The van der Waals surface area contributed by atoms with Gasteiger partial charge in [-0.1, -0.05) is 55.3 Å². The standard InChI is InChI=1S/C24H25ClN2O2/c1-2-3-11-22(29)27-20-9-5-4-7-18(20)26-19-8-6-10-21(28)23(19)24(27)16-12-14-17(25)15-13-16/h4-5,7-9,12-15,23-24,26H,2-3,6,10-11H2,1H3/t23-,24-/m0/s1. The van der Waals surface area contributed by atoms with Crippen LogP contribution in [0.15, 0.2) is 60.3 Å². The van der Waals surface area contributed by atoms with Crippen molar-refractivity contribution >= 4 is 34.7 Å². The first kappa shape index (κ1) is 19.7. The number of carbonyl (C=O) groups excluding carboxylic acids is 2. The molecule has 0 bridgehead atoms. The molecule has 29 heavy (non-hydrogen) atoms. The summed E-state index contributed by atoms with van der Waals surface area (Å²) in [5.74, 6) is -0.209. The average molecular weight is 409 g/mol. The third kappa shape index (κ3) is 3.82. The van der Waals surface area contributed by atoms with Gasteiger partial charge in [0.05, 0.1) is 23.3 Å². The van der Waals surface area contributed by atoms with Crippen LogP contribution < -0.4 is 10.2 Å². The Bertz CT molecular complexity index is 952. The van der Waals surface area contributed by atoms with Crippen LogP contribution in [-0.4, -0.2) is 11.7 Å². The van der Waals surface area contributed by atoms with Gasteiger partial charge in [-0.15, -0.1) is 0 Å². The number of fused-ring (bicyclic) bond motifs is 2. The van der Waals surface area contributed by atoms with Gasteiger partial charge in [-0.3, -0.25) is 9.59 Å². The van der Waals surface area contributed by atoms with Crippen LogP contribution in [-0.2, 0) is 9.59 Å². The number of hydrogen-bond donors (Lipinski definition) is 1. The summed E-state index contributed by atoms with van der Waals surface area (Å²) in [4.78, 5) is 28.4. The van der Waals surface area contributed by atoms with Gasteiger partial charge in [0.2, 0.25) is 5.91 Å². The van der Waals surface area contributed by atoms with Gasteiger partial charge in [0.1, 0.15) is 5.78 Å². The molecule has 5 heteroatoms. The van der Waals surface area contributed by atoms with Crippen molar-refractivity contribution in [2.24, 2.45) is 5.92 Å². The van der Waals surface area contributed by atoms with Crippen molar-refractivity contribution in [3.8, 4) is 0 Å². The van der Waals surface area contributed by atoms with Crippen molar-refractivity contribution in [3.05, 3.63) is 70.9 Å². The van der Waals surface area contributed by atoms with E-state index in [0.717, 1.165) is 41.9 Å². The largest absolute Gasteiger partial charge is 0.357 e. The number of allylic oxidation sites excluding steroid dienone is 1. The van der Waals surface area contributed by atoms with E-state index in [2.05, 4.69) is 18.3 Å². The van der Waals surface area contributed by atoms with E-state index in [1.165, 1.54) is 0 Å². The molecular weight excluding hydrogens is 384 g/mol. The summed E-state index contributed by atoms with van der Waals surface area (Å²) in [5, 5.41) is 4.10. The van der Waals surface area contributed by atoms with Gasteiger partial charge in [-0.05, 0) is 42.7 Å². The molecule has 0 unspecified atom stereocenters. The highest BCUT2D eigenvalue weighted by atomic mass is 35.5. The number of carbonyl (C=O) groups is 2. The van der Waals surface area contributed by atoms with E-state index in [-0.39, 0.29) is 11.7 Å². The number of unbranched alkanes of at least 4 members (excludes halogenated alkanes) is 1. The number of amides is 1. The summed E-state index contributed by atoms with van der Waals surface area (Å²) >= 11 is 6.13. The van der Waals surface area contributed by atoms with Crippen LogP contribution in [0.2, 0.25) is 5.02 Å². The Morgan fingerprint density at radius 1 is 1.17 bits per heavy atom. The van der Waals surface area contributed by atoms with Crippen LogP contribution in [0.3, 0.4) is 0 Å². The van der Waals surface area contributed by atoms with Gasteiger partial charge in [-0.2, -0.15) is 0 Å². The normalized spacial score (nSPS) is 20.8. The van der Waals surface area contributed by atoms with Crippen molar-refractivity contribution in [1.29, 1.82) is 0 Å². The molecular formula is C24H25ClN2O2. The highest BCUT2D eigenvalue weighted by Crippen LogP contribution is 2.46. The number of anilines is 2. The minimum absolute atomic E-state index is 0.0423. The molecule has 2 aromatic rings. The Hall–Kier alpha value is -2.59. The van der Waals surface area contributed by atoms with Crippen LogP contribution >= 0.6 is 11.6 Å². The van der Waals surface area contributed by atoms with Crippen molar-refractivity contribution in [2.45, 2.75) is 45.1 Å². The van der Waals surface area contributed by atoms with Gasteiger partial charge >= 0.3 is 0 Å². The lowest BCUT2D eigenvalue weighted by molar-refractivity contribution is -0.123. The predicted molar refractivity (Wildman–Crippen MR) is 117 cm³/mol. The number of Topliss-reactive ketones (excluding diaryl/α,β-unsaturated/α-hetero) is 1. The molecule has 1 amide bonds. The molecule has 2 atom stereocenters. The molecule has 1 N–H and O–H groups in total. The van der Waals surface area contributed by atoms with Crippen molar-refractivity contribution in [1.82, 2.24) is 0 Å². The molecule has 1 heterocycles. The number of nitrogens with zero attached hydrogens (tertiary/aromatic N) is 1. The van der Waals surface area contributed by atoms with E-state index in [1.54, 1.807) is 0 Å². The fraction of sp³-hybridized carbons (Fsp3) is 0.333. The average Bonchev–Trinajstić information content (AvgIpc) is 2.87. The lowest BCUT2D eigenvalue weighted by atomic mass is 9.81. The summed E-state index contributed by atoms with van der Waals surface area (Å²) in [6.07, 6.45) is 5.53. The Morgan fingerprint density at radius 3 is 2.69 bits per heavy atom. The maximum absolute atomic E-state index is 13.4. The summed E-state index contributed by atoms with van der Waals surface area (Å²) in [5.41, 5.74) is 3.49. The van der Waals surface area contributed by atoms with E-state index in [9.17, 15) is 9.59 Å². The third-order valence-corrected chi connectivity index (χ3v) is 5.95. The summed E-state index contributed by atoms with van der Waals surface area (Å²) in [7, 11) is 0. The number of nitrogens with one attached hydrogen (secondary N) is 1. The molecule has 1 aliphatic carbocycles. The number of para-hydroxylation sites is 2. The smallest absolute Gasteiger partial charge is 0.227 e. The van der Waals surface area contributed by atoms with Gasteiger partial charge in [-0.25, -0.2) is 0 Å². The lowest BCUT2D eigenvalue weighted by Gasteiger charge is -2.36. The van der Waals surface area contributed by atoms with Crippen molar-refractivity contribution < 1.29 is 9.59 Å². The van der Waals surface area contributed by atoms with Gasteiger partial charge < -0.3 is 10.2 Å². The SMILES string of the molecule is CCCCC(=O)N1c2ccccc2NC2=CCCC(=O)[C@H]2[C@@H]1c1ccc(Cl)cc1. The topological polar surface area (TPSA) is 49.4 Å². The van der Waals surface area contributed by atoms with Crippen molar-refractivity contribution in [2.75, 3.05) is 10.2 Å². The molecule has 1 aliphatic heterocycles. The zero-order valence-corrected chi connectivity index (χ0v) is 17.3. The highest BCUT2D eigenvalue weighted by Gasteiger charge is 2.43. The first-order valence-corrected chi connectivity index (χ1v) is 10.6. The second kappa shape index (κ2) is 8.42. The molecule has 0 fully saturated rings. The minimum atomic E-state index is -0.414. The minimum Gasteiger partial charge on any atom is -0.357 e. The number of rotatable bonds is 4. The molecule has 0 saturated carbocycles. The second-order valence-electron chi connectivity index (χ2n) is 7.65. The molecule has 2 aromatic carbocycles. The van der Waals surface area contributed by atoms with Crippen LogP contribution in [0.25, 0.3) is 0 Å². The van der Waals surface area contributed by atoms with Crippen LogP contribution in [0, 0.1) is 5.92 Å². The summed E-state index contributed by atoms with van der Waals surface area (Å²) < 4.78 is 0. The van der Waals surface area contributed by atoms with E-state index in [0.29, 0.717) is 17.9 Å². The molecule has 0 aromatic heterocycles. The van der Waals surface area contributed by atoms with Gasteiger partial charge in [0, 0.05) is 23.6 Å². The monoisotopic (exact) mass is 408 g/mol. The first-order valence-electron chi connectivity index (χ1n) is 10.3. The Balaban J connectivity index is 1.92. The fourth-order valence-corrected chi connectivity index (χ4v) is 4.41. The summed E-state index contributed by atoms with van der Waals surface area (Å²) in [6, 6.07) is 14.9. The predicted octanol–water partition coefficient (Wildman–Crippen LogP) is 5.89. The van der Waals surface area contributed by atoms with Crippen LogP contribution in [0.1, 0.15) is 50.6 Å². The second-order valence-corrected chi connectivity index (χ2v) is 8.08. The number of benzene rings is 2. The zero-order chi connectivity index (χ0) is 20.4.